The van der Waals surface area contributed by atoms with Crippen LogP contribution in [0.25, 0.3) is 0 Å². The number of ether oxygens (including phenoxy) is 5. The molecule has 176 valence electrons. The topological polar surface area (TPSA) is 105 Å². The number of esters is 1. The molecular weight excluding hydrogens is 440 g/mol. The highest BCUT2D eigenvalue weighted by molar-refractivity contribution is 5.98. The van der Waals surface area contributed by atoms with Crippen LogP contribution in [0.2, 0.25) is 0 Å². The second-order valence-electron chi connectivity index (χ2n) is 6.74. The lowest BCUT2D eigenvalue weighted by Crippen LogP contribution is -2.18. The Bertz CT molecular complexity index is 1180. The van der Waals surface area contributed by atoms with Gasteiger partial charge in [0.25, 0.3) is 5.91 Å². The number of nitrogens with zero attached hydrogens (tertiary/aromatic N) is 1. The van der Waals surface area contributed by atoms with Crippen molar-refractivity contribution in [1.82, 2.24) is 5.43 Å². The van der Waals surface area contributed by atoms with Crippen LogP contribution in [0.4, 0.5) is 0 Å². The van der Waals surface area contributed by atoms with E-state index < -0.39 is 11.9 Å². The van der Waals surface area contributed by atoms with Gasteiger partial charge in [-0.1, -0.05) is 24.3 Å². The summed E-state index contributed by atoms with van der Waals surface area (Å²) in [5.41, 5.74) is 3.45. The zero-order valence-corrected chi connectivity index (χ0v) is 19.2. The van der Waals surface area contributed by atoms with Crippen LogP contribution in [0.15, 0.2) is 65.8 Å². The van der Waals surface area contributed by atoms with Crippen molar-refractivity contribution in [2.24, 2.45) is 5.10 Å². The molecule has 0 spiro atoms. The van der Waals surface area contributed by atoms with E-state index in [2.05, 4.69) is 10.5 Å². The van der Waals surface area contributed by atoms with Crippen molar-refractivity contribution in [2.75, 3.05) is 28.4 Å². The quantitative estimate of drug-likeness (QED) is 0.223. The van der Waals surface area contributed by atoms with Gasteiger partial charge in [-0.25, -0.2) is 10.2 Å². The van der Waals surface area contributed by atoms with Gasteiger partial charge in [-0.15, -0.1) is 0 Å². The molecule has 1 N–H and O–H groups in total. The number of benzene rings is 3. The molecule has 0 aliphatic heterocycles. The van der Waals surface area contributed by atoms with E-state index in [1.165, 1.54) is 46.8 Å². The van der Waals surface area contributed by atoms with Gasteiger partial charge in [0.05, 0.1) is 45.8 Å². The molecule has 0 aromatic heterocycles. The standard InChI is InChI=1S/C25H24N2O7/c1-30-20-12-8-6-10-18(20)24(28)27-26-15-16-9-5-7-11-19(16)34-25(29)17-13-21(31-2)23(33-4)22(14-17)32-3/h5-15H,1-4H3,(H,27,28)/b26-15+. The number of hydrogen-bond donors (Lipinski definition) is 1. The summed E-state index contributed by atoms with van der Waals surface area (Å²) >= 11 is 0. The highest BCUT2D eigenvalue weighted by atomic mass is 16.5. The van der Waals surface area contributed by atoms with E-state index in [1.54, 1.807) is 48.5 Å². The van der Waals surface area contributed by atoms with Crippen molar-refractivity contribution in [3.8, 4) is 28.7 Å². The second-order valence-corrected chi connectivity index (χ2v) is 6.74. The van der Waals surface area contributed by atoms with E-state index in [1.807, 2.05) is 0 Å². The fourth-order valence-corrected chi connectivity index (χ4v) is 3.09. The van der Waals surface area contributed by atoms with E-state index >= 15 is 0 Å². The first-order valence-electron chi connectivity index (χ1n) is 10.1. The van der Waals surface area contributed by atoms with Gasteiger partial charge in [0.2, 0.25) is 5.75 Å². The van der Waals surface area contributed by atoms with E-state index in [-0.39, 0.29) is 11.3 Å². The van der Waals surface area contributed by atoms with Crippen molar-refractivity contribution >= 4 is 18.1 Å². The Balaban J connectivity index is 1.78. The minimum absolute atomic E-state index is 0.200. The lowest BCUT2D eigenvalue weighted by Gasteiger charge is -2.14. The highest BCUT2D eigenvalue weighted by Crippen LogP contribution is 2.38. The maximum Gasteiger partial charge on any atom is 0.343 e. The fraction of sp³-hybridized carbons (Fsp3) is 0.160. The number of hydrogen-bond acceptors (Lipinski definition) is 8. The number of carbonyl (C=O) groups is 2. The van der Waals surface area contributed by atoms with Crippen LogP contribution in [-0.2, 0) is 0 Å². The van der Waals surface area contributed by atoms with Crippen molar-refractivity contribution in [1.29, 1.82) is 0 Å². The van der Waals surface area contributed by atoms with Gasteiger partial charge in [-0.3, -0.25) is 4.79 Å². The highest BCUT2D eigenvalue weighted by Gasteiger charge is 2.19. The summed E-state index contributed by atoms with van der Waals surface area (Å²) in [5, 5.41) is 3.98. The summed E-state index contributed by atoms with van der Waals surface area (Å²) in [6, 6.07) is 16.5. The summed E-state index contributed by atoms with van der Waals surface area (Å²) < 4.78 is 26.6. The third-order valence-electron chi connectivity index (χ3n) is 4.74. The number of nitrogens with one attached hydrogen (secondary N) is 1. The number of methoxy groups -OCH3 is 4. The number of amides is 1. The SMILES string of the molecule is COc1ccccc1C(=O)N/N=C/c1ccccc1OC(=O)c1cc(OC)c(OC)c(OC)c1. The van der Waals surface area contributed by atoms with Crippen molar-refractivity contribution in [2.45, 2.75) is 0 Å². The third kappa shape index (κ3) is 5.44. The fourth-order valence-electron chi connectivity index (χ4n) is 3.09. The van der Waals surface area contributed by atoms with Crippen molar-refractivity contribution in [3.63, 3.8) is 0 Å². The van der Waals surface area contributed by atoms with Gasteiger partial charge in [0.1, 0.15) is 11.5 Å². The monoisotopic (exact) mass is 464 g/mol. The molecule has 0 aliphatic carbocycles. The minimum Gasteiger partial charge on any atom is -0.496 e. The van der Waals surface area contributed by atoms with E-state index in [0.717, 1.165) is 0 Å². The lowest BCUT2D eigenvalue weighted by molar-refractivity contribution is 0.0733. The molecule has 3 rings (SSSR count). The molecule has 0 saturated heterocycles. The summed E-state index contributed by atoms with van der Waals surface area (Å²) in [5.74, 6) is 0.593. The van der Waals surface area contributed by atoms with Gasteiger partial charge in [0.15, 0.2) is 11.5 Å². The van der Waals surface area contributed by atoms with Crippen LogP contribution >= 0.6 is 0 Å². The zero-order valence-electron chi connectivity index (χ0n) is 19.2. The average molecular weight is 464 g/mol. The first-order valence-corrected chi connectivity index (χ1v) is 10.1. The predicted molar refractivity (Wildman–Crippen MR) is 126 cm³/mol. The third-order valence-corrected chi connectivity index (χ3v) is 4.74. The number of rotatable bonds is 9. The smallest absolute Gasteiger partial charge is 0.343 e. The Morgan fingerprint density at radius 1 is 0.765 bits per heavy atom. The predicted octanol–water partition coefficient (Wildman–Crippen LogP) is 3.70. The molecule has 9 heteroatoms. The summed E-state index contributed by atoms with van der Waals surface area (Å²) in [7, 11) is 5.86. The van der Waals surface area contributed by atoms with Crippen LogP contribution in [0.5, 0.6) is 28.7 Å². The average Bonchev–Trinajstić information content (AvgIpc) is 2.88. The molecule has 0 atom stereocenters. The largest absolute Gasteiger partial charge is 0.496 e. The summed E-state index contributed by atoms with van der Waals surface area (Å²) in [6.07, 6.45) is 1.38. The second kappa shape index (κ2) is 11.4. The Labute approximate surface area is 196 Å². The number of para-hydroxylation sites is 2. The van der Waals surface area contributed by atoms with Gasteiger partial charge in [0, 0.05) is 5.56 Å². The summed E-state index contributed by atoms with van der Waals surface area (Å²) in [6.45, 7) is 0. The molecule has 0 bridgehead atoms. The van der Waals surface area contributed by atoms with Crippen LogP contribution in [0, 0.1) is 0 Å². The zero-order chi connectivity index (χ0) is 24.5. The molecule has 0 saturated carbocycles. The molecule has 1 amide bonds. The molecule has 0 aliphatic rings. The first kappa shape index (κ1) is 24.1. The van der Waals surface area contributed by atoms with Crippen LogP contribution in [-0.4, -0.2) is 46.5 Å². The summed E-state index contributed by atoms with van der Waals surface area (Å²) in [4.78, 5) is 25.2. The molecule has 0 radical (unpaired) electrons. The molecule has 0 heterocycles. The normalized spacial score (nSPS) is 10.5. The Kier molecular flexibility index (Phi) is 8.07. The Morgan fingerprint density at radius 2 is 1.35 bits per heavy atom. The van der Waals surface area contributed by atoms with Gasteiger partial charge in [-0.05, 0) is 36.4 Å². The van der Waals surface area contributed by atoms with Crippen molar-refractivity contribution in [3.05, 3.63) is 77.4 Å². The molecule has 0 unspecified atom stereocenters. The Hall–Kier alpha value is -4.53. The van der Waals surface area contributed by atoms with Gasteiger partial charge in [-0.2, -0.15) is 5.10 Å². The van der Waals surface area contributed by atoms with Crippen LogP contribution in [0.3, 0.4) is 0 Å². The van der Waals surface area contributed by atoms with E-state index in [9.17, 15) is 9.59 Å². The molecule has 3 aromatic carbocycles. The molecule has 0 fully saturated rings. The lowest BCUT2D eigenvalue weighted by atomic mass is 10.1. The minimum atomic E-state index is -0.641. The number of hydrazone groups is 1. The maximum atomic E-state index is 12.8. The first-order chi connectivity index (χ1) is 16.5. The van der Waals surface area contributed by atoms with E-state index in [4.69, 9.17) is 23.7 Å². The molecule has 9 nitrogen and oxygen atoms in total. The van der Waals surface area contributed by atoms with Crippen LogP contribution < -0.4 is 29.1 Å². The Morgan fingerprint density at radius 3 is 1.97 bits per heavy atom. The molecule has 3 aromatic rings. The van der Waals surface area contributed by atoms with Crippen molar-refractivity contribution < 1.29 is 33.3 Å². The number of carbonyl (C=O) groups excluding carboxylic acids is 2. The molecular formula is C25H24N2O7. The van der Waals surface area contributed by atoms with Gasteiger partial charge >= 0.3 is 5.97 Å². The van der Waals surface area contributed by atoms with Gasteiger partial charge < -0.3 is 23.7 Å². The molecule has 34 heavy (non-hydrogen) atoms. The van der Waals surface area contributed by atoms with Crippen LogP contribution in [0.1, 0.15) is 26.3 Å². The van der Waals surface area contributed by atoms with E-state index in [0.29, 0.717) is 34.1 Å². The maximum absolute atomic E-state index is 12.8.